The van der Waals surface area contributed by atoms with Crippen molar-refractivity contribution in [3.63, 3.8) is 0 Å². The maximum Gasteiger partial charge on any atom is 0.338 e. The van der Waals surface area contributed by atoms with Gasteiger partial charge in [0.25, 0.3) is 5.91 Å². The van der Waals surface area contributed by atoms with Gasteiger partial charge in [0, 0.05) is 12.2 Å². The number of anilines is 2. The molecule has 0 aliphatic carbocycles. The van der Waals surface area contributed by atoms with Gasteiger partial charge in [0.1, 0.15) is 6.04 Å². The smallest absolute Gasteiger partial charge is 0.338 e. The van der Waals surface area contributed by atoms with Crippen LogP contribution in [-0.2, 0) is 19.1 Å². The molecule has 0 bridgehead atoms. The van der Waals surface area contributed by atoms with Gasteiger partial charge in [0.05, 0.1) is 37.0 Å². The molecule has 2 amide bonds. The summed E-state index contributed by atoms with van der Waals surface area (Å²) < 4.78 is 9.74. The average Bonchev–Trinajstić information content (AvgIpc) is 3.16. The molecule has 2 aromatic carbocycles. The third kappa shape index (κ3) is 7.63. The number of benzene rings is 2. The molecule has 9 nitrogen and oxygen atoms in total. The van der Waals surface area contributed by atoms with E-state index in [1.54, 1.807) is 55.5 Å². The summed E-state index contributed by atoms with van der Waals surface area (Å²) in [6.45, 7) is 4.70. The molecule has 2 aromatic rings. The summed E-state index contributed by atoms with van der Waals surface area (Å²) in [6, 6.07) is 12.1. The number of carbonyl (C=O) groups excluding carboxylic acids is 4. The van der Waals surface area contributed by atoms with Crippen LogP contribution in [0.3, 0.4) is 0 Å². The van der Waals surface area contributed by atoms with Crippen LogP contribution < -0.4 is 10.2 Å². The minimum Gasteiger partial charge on any atom is -0.465 e. The van der Waals surface area contributed by atoms with E-state index in [9.17, 15) is 19.2 Å². The highest BCUT2D eigenvalue weighted by Gasteiger charge is 2.43. The molecule has 0 aromatic heterocycles. The molecule has 0 radical (unpaired) electrons. The van der Waals surface area contributed by atoms with Crippen molar-refractivity contribution < 1.29 is 28.7 Å². The van der Waals surface area contributed by atoms with Crippen molar-refractivity contribution in [2.24, 2.45) is 0 Å². The third-order valence-electron chi connectivity index (χ3n) is 6.43. The third-order valence-corrected chi connectivity index (χ3v) is 6.84. The molecule has 3 rings (SSSR count). The van der Waals surface area contributed by atoms with Crippen molar-refractivity contribution in [2.75, 3.05) is 30.5 Å². The fourth-order valence-electron chi connectivity index (χ4n) is 4.37. The first-order valence-electron chi connectivity index (χ1n) is 13.2. The van der Waals surface area contributed by atoms with Crippen molar-refractivity contribution in [3.05, 3.63) is 59.7 Å². The lowest BCUT2D eigenvalue weighted by atomic mass is 10.1. The van der Waals surface area contributed by atoms with Crippen LogP contribution in [0.15, 0.2) is 48.5 Å². The number of hydrogen-bond acceptors (Lipinski definition) is 7. The molecule has 0 spiro atoms. The first-order chi connectivity index (χ1) is 18.8. The van der Waals surface area contributed by atoms with E-state index < -0.39 is 18.0 Å². The number of esters is 2. The Bertz CT molecular complexity index is 1180. The van der Waals surface area contributed by atoms with Crippen molar-refractivity contribution in [2.45, 2.75) is 58.4 Å². The van der Waals surface area contributed by atoms with E-state index in [1.807, 2.05) is 4.90 Å². The number of carbonyl (C=O) groups is 4. The van der Waals surface area contributed by atoms with Crippen LogP contribution in [0.2, 0.25) is 0 Å². The van der Waals surface area contributed by atoms with Crippen LogP contribution >= 0.6 is 12.2 Å². The Morgan fingerprint density at radius 3 is 2.13 bits per heavy atom. The summed E-state index contributed by atoms with van der Waals surface area (Å²) in [4.78, 5) is 53.5. The molecule has 1 aliphatic heterocycles. The number of amides is 2. The highest BCUT2D eigenvalue weighted by Crippen LogP contribution is 2.28. The lowest BCUT2D eigenvalue weighted by molar-refractivity contribution is -0.124. The number of nitrogens with one attached hydrogen (secondary N) is 1. The van der Waals surface area contributed by atoms with E-state index in [0.29, 0.717) is 34.2 Å². The zero-order valence-corrected chi connectivity index (χ0v) is 23.4. The Balaban J connectivity index is 1.76. The summed E-state index contributed by atoms with van der Waals surface area (Å²) >= 11 is 5.72. The average molecular weight is 554 g/mol. The molecule has 0 saturated carbocycles. The first-order valence-corrected chi connectivity index (χ1v) is 13.6. The Hall–Kier alpha value is -3.79. The molecule has 1 heterocycles. The number of thiocarbonyl (C=S) groups is 1. The predicted molar refractivity (Wildman–Crippen MR) is 153 cm³/mol. The molecular formula is C29H35N3O6S. The molecule has 1 atom stereocenters. The molecular weight excluding hydrogens is 518 g/mol. The van der Waals surface area contributed by atoms with Gasteiger partial charge in [0.15, 0.2) is 5.11 Å². The van der Waals surface area contributed by atoms with Gasteiger partial charge >= 0.3 is 11.9 Å². The monoisotopic (exact) mass is 553 g/mol. The Morgan fingerprint density at radius 2 is 1.51 bits per heavy atom. The van der Waals surface area contributed by atoms with Crippen LogP contribution in [0.25, 0.3) is 0 Å². The number of ether oxygens (including phenoxy) is 2. The molecule has 1 fully saturated rings. The van der Waals surface area contributed by atoms with E-state index in [-0.39, 0.29) is 24.8 Å². The highest BCUT2D eigenvalue weighted by atomic mass is 32.1. The zero-order valence-electron chi connectivity index (χ0n) is 22.6. The first kappa shape index (κ1) is 29.8. The normalized spacial score (nSPS) is 14.9. The van der Waals surface area contributed by atoms with Gasteiger partial charge in [-0.2, -0.15) is 0 Å². The van der Waals surface area contributed by atoms with Crippen LogP contribution in [-0.4, -0.2) is 60.1 Å². The molecule has 1 aliphatic rings. The molecule has 208 valence electrons. The fraction of sp³-hybridized carbons (Fsp3) is 0.414. The van der Waals surface area contributed by atoms with E-state index in [2.05, 4.69) is 12.2 Å². The Morgan fingerprint density at radius 1 is 0.897 bits per heavy atom. The highest BCUT2D eigenvalue weighted by molar-refractivity contribution is 7.80. The van der Waals surface area contributed by atoms with E-state index in [0.717, 1.165) is 32.1 Å². The maximum atomic E-state index is 13.6. The van der Waals surface area contributed by atoms with Crippen LogP contribution in [0.5, 0.6) is 0 Å². The number of methoxy groups -OCH3 is 1. The summed E-state index contributed by atoms with van der Waals surface area (Å²) in [5.41, 5.74) is 1.76. The van der Waals surface area contributed by atoms with Crippen LogP contribution in [0.4, 0.5) is 11.4 Å². The maximum absolute atomic E-state index is 13.6. The second-order valence-electron chi connectivity index (χ2n) is 9.17. The van der Waals surface area contributed by atoms with Gasteiger partial charge in [-0.25, -0.2) is 9.59 Å². The SMILES string of the molecule is CCCCCCCN1C(=S)N(c2ccc(C(=O)OCC)cc2)C(=O)C1CC(=O)Nc1ccc(C(=O)OC)cc1. The lowest BCUT2D eigenvalue weighted by Gasteiger charge is -2.24. The Kier molecular flexibility index (Phi) is 11.0. The van der Waals surface area contributed by atoms with Crippen molar-refractivity contribution in [1.29, 1.82) is 0 Å². The van der Waals surface area contributed by atoms with E-state index >= 15 is 0 Å². The largest absolute Gasteiger partial charge is 0.465 e. The number of rotatable bonds is 13. The van der Waals surface area contributed by atoms with E-state index in [4.69, 9.17) is 21.7 Å². The van der Waals surface area contributed by atoms with E-state index in [1.165, 1.54) is 12.0 Å². The Labute approximate surface area is 234 Å². The molecule has 1 unspecified atom stereocenters. The van der Waals surface area contributed by atoms with Crippen molar-refractivity contribution in [1.82, 2.24) is 4.90 Å². The standard InChI is InChI=1S/C29H35N3O6S/c1-4-6-7-8-9-18-31-24(19-25(33)30-22-14-10-20(11-15-22)27(35)37-3)26(34)32(29(31)39)23-16-12-21(13-17-23)28(36)38-5-2/h10-17,24H,4-9,18-19H2,1-3H3,(H,30,33). The van der Waals surface area contributed by atoms with Crippen molar-refractivity contribution in [3.8, 4) is 0 Å². The van der Waals surface area contributed by atoms with Gasteiger partial charge in [-0.15, -0.1) is 0 Å². The van der Waals surface area contributed by atoms with Crippen LogP contribution in [0.1, 0.15) is 73.1 Å². The lowest BCUT2D eigenvalue weighted by Crippen LogP contribution is -2.38. The minimum absolute atomic E-state index is 0.0932. The molecule has 39 heavy (non-hydrogen) atoms. The summed E-state index contributed by atoms with van der Waals surface area (Å²) in [7, 11) is 1.30. The predicted octanol–water partition coefficient (Wildman–Crippen LogP) is 4.95. The summed E-state index contributed by atoms with van der Waals surface area (Å²) in [5, 5.41) is 3.13. The number of hydrogen-bond donors (Lipinski definition) is 1. The van der Waals surface area contributed by atoms with Gasteiger partial charge < -0.3 is 19.7 Å². The molecule has 1 saturated heterocycles. The number of nitrogens with zero attached hydrogens (tertiary/aromatic N) is 2. The second-order valence-corrected chi connectivity index (χ2v) is 9.53. The van der Waals surface area contributed by atoms with Gasteiger partial charge in [-0.05, 0) is 74.1 Å². The van der Waals surface area contributed by atoms with Gasteiger partial charge in [0.2, 0.25) is 5.91 Å². The zero-order chi connectivity index (χ0) is 28.4. The molecule has 1 N–H and O–H groups in total. The quantitative estimate of drug-likeness (QED) is 0.211. The topological polar surface area (TPSA) is 105 Å². The van der Waals surface area contributed by atoms with Gasteiger partial charge in [-0.3, -0.25) is 14.5 Å². The minimum atomic E-state index is -0.761. The summed E-state index contributed by atoms with van der Waals surface area (Å²) in [6.07, 6.45) is 5.11. The molecule has 10 heteroatoms. The number of unbranched alkanes of at least 4 members (excludes halogenated alkanes) is 4. The van der Waals surface area contributed by atoms with Crippen LogP contribution in [0, 0.1) is 0 Å². The summed E-state index contributed by atoms with van der Waals surface area (Å²) in [5.74, 6) is -1.56. The van der Waals surface area contributed by atoms with Crippen molar-refractivity contribution >= 4 is 52.5 Å². The fourth-order valence-corrected chi connectivity index (χ4v) is 4.78. The van der Waals surface area contributed by atoms with Gasteiger partial charge in [-0.1, -0.05) is 32.6 Å². The second kappa shape index (κ2) is 14.4.